The third-order valence-corrected chi connectivity index (χ3v) is 4.44. The molecule has 0 saturated heterocycles. The number of thiazole rings is 1. The maximum absolute atomic E-state index is 12.1. The fourth-order valence-electron chi connectivity index (χ4n) is 2.36. The number of carbonyl (C=O) groups excluding carboxylic acids is 1. The minimum atomic E-state index is -0.108. The maximum Gasteiger partial charge on any atom is 0.279 e. The molecule has 0 radical (unpaired) electrons. The van der Waals surface area contributed by atoms with Crippen molar-refractivity contribution in [3.63, 3.8) is 0 Å². The number of amides is 1. The lowest BCUT2D eigenvalue weighted by Gasteiger charge is -2.13. The molecule has 0 aliphatic heterocycles. The smallest absolute Gasteiger partial charge is 0.279 e. The average Bonchev–Trinajstić information content (AvgIpc) is 2.98. The van der Waals surface area contributed by atoms with E-state index in [4.69, 9.17) is 11.6 Å². The van der Waals surface area contributed by atoms with Crippen LogP contribution in [0.3, 0.4) is 0 Å². The number of likely N-dealkylation sites (N-methyl/N-ethyl adjacent to an activating group) is 1. The number of hydrogen-bond donors (Lipinski definition) is 2. The number of hydrogen-bond acceptors (Lipinski definition) is 4. The molecule has 24 heavy (non-hydrogen) atoms. The van der Waals surface area contributed by atoms with Crippen molar-refractivity contribution in [2.75, 3.05) is 18.9 Å². The van der Waals surface area contributed by atoms with Crippen LogP contribution in [-0.2, 0) is 11.3 Å². The Hall–Kier alpha value is -2.22. The van der Waals surface area contributed by atoms with Gasteiger partial charge in [-0.1, -0.05) is 11.6 Å². The first-order chi connectivity index (χ1) is 11.5. The van der Waals surface area contributed by atoms with Crippen molar-refractivity contribution in [3.05, 3.63) is 63.0 Å². The van der Waals surface area contributed by atoms with Crippen LogP contribution in [0.15, 0.2) is 46.7 Å². The molecule has 0 aliphatic rings. The largest absolute Gasteiger partial charge is 0.325 e. The molecular weight excluding hydrogens is 348 g/mol. The van der Waals surface area contributed by atoms with Crippen LogP contribution in [0.5, 0.6) is 0 Å². The van der Waals surface area contributed by atoms with Crippen LogP contribution < -0.4 is 15.8 Å². The number of fused-ring (bicyclic) bond motifs is 1. The second-order valence-electron chi connectivity index (χ2n) is 5.51. The van der Waals surface area contributed by atoms with Crippen molar-refractivity contribution in [1.29, 1.82) is 0 Å². The van der Waals surface area contributed by atoms with E-state index in [1.807, 2.05) is 12.4 Å². The second-order valence-corrected chi connectivity index (χ2v) is 6.82. The van der Waals surface area contributed by atoms with E-state index in [2.05, 4.69) is 10.3 Å². The van der Waals surface area contributed by atoms with Crippen LogP contribution in [0.4, 0.5) is 5.69 Å². The molecule has 0 aliphatic carbocycles. The molecule has 0 bridgehead atoms. The van der Waals surface area contributed by atoms with Gasteiger partial charge in [0.25, 0.3) is 11.5 Å². The first-order valence-corrected chi connectivity index (χ1v) is 8.59. The highest BCUT2D eigenvalue weighted by Gasteiger charge is 2.13. The number of halogens is 1. The van der Waals surface area contributed by atoms with E-state index in [0.29, 0.717) is 27.9 Å². The van der Waals surface area contributed by atoms with Gasteiger partial charge in [0, 0.05) is 28.4 Å². The summed E-state index contributed by atoms with van der Waals surface area (Å²) in [7, 11) is 1.89. The molecule has 0 spiro atoms. The fraction of sp³-hybridized carbons (Fsp3) is 0.188. The van der Waals surface area contributed by atoms with Gasteiger partial charge in [0.15, 0.2) is 11.5 Å². The number of anilines is 1. The zero-order valence-corrected chi connectivity index (χ0v) is 14.5. The van der Waals surface area contributed by atoms with Crippen LogP contribution in [0, 0.1) is 0 Å². The summed E-state index contributed by atoms with van der Waals surface area (Å²) in [5.74, 6) is -0.108. The van der Waals surface area contributed by atoms with E-state index in [0.717, 1.165) is 4.90 Å². The molecule has 3 rings (SSSR count). The minimum Gasteiger partial charge on any atom is -0.325 e. The van der Waals surface area contributed by atoms with Crippen molar-refractivity contribution in [3.8, 4) is 0 Å². The van der Waals surface area contributed by atoms with Crippen molar-refractivity contribution < 1.29 is 9.69 Å². The van der Waals surface area contributed by atoms with Crippen LogP contribution >= 0.6 is 22.9 Å². The monoisotopic (exact) mass is 363 g/mol. The van der Waals surface area contributed by atoms with Crippen LogP contribution in [-0.4, -0.2) is 28.9 Å². The first kappa shape index (κ1) is 16.6. The van der Waals surface area contributed by atoms with Gasteiger partial charge in [0.05, 0.1) is 7.05 Å². The molecule has 3 aromatic rings. The molecule has 124 valence electrons. The molecule has 8 heteroatoms. The lowest BCUT2D eigenvalue weighted by atomic mass is 10.3. The molecule has 2 N–H and O–H groups in total. The Balaban J connectivity index is 1.61. The van der Waals surface area contributed by atoms with Gasteiger partial charge in [-0.05, 0) is 24.3 Å². The number of quaternary nitrogens is 1. The summed E-state index contributed by atoms with van der Waals surface area (Å²) in [6, 6.07) is 8.47. The van der Waals surface area contributed by atoms with E-state index >= 15 is 0 Å². The number of benzene rings is 1. The van der Waals surface area contributed by atoms with Gasteiger partial charge in [0.2, 0.25) is 0 Å². The van der Waals surface area contributed by atoms with Crippen molar-refractivity contribution >= 4 is 39.5 Å². The molecule has 6 nitrogen and oxygen atoms in total. The minimum absolute atomic E-state index is 0.102. The lowest BCUT2D eigenvalue weighted by Crippen LogP contribution is -3.08. The summed E-state index contributed by atoms with van der Waals surface area (Å²) in [5, 5.41) is 5.27. The van der Waals surface area contributed by atoms with E-state index in [1.165, 1.54) is 21.8 Å². The molecule has 1 aromatic carbocycles. The van der Waals surface area contributed by atoms with Crippen LogP contribution in [0.2, 0.25) is 5.02 Å². The number of nitrogens with zero attached hydrogens (tertiary/aromatic N) is 2. The average molecular weight is 364 g/mol. The van der Waals surface area contributed by atoms with Crippen molar-refractivity contribution in [2.24, 2.45) is 0 Å². The molecular formula is C16H16ClN4O2S+. The summed E-state index contributed by atoms with van der Waals surface area (Å²) in [6.45, 7) is 0.770. The Bertz CT molecular complexity index is 920. The van der Waals surface area contributed by atoms with Gasteiger partial charge < -0.3 is 10.2 Å². The molecule has 0 saturated carbocycles. The number of aromatic nitrogens is 2. The SMILES string of the molecule is C[NH+](CC(=O)Nc1ccc(Cl)cc1)Cc1cc(=O)n2ccsc2n1. The second kappa shape index (κ2) is 7.12. The number of carbonyl (C=O) groups is 1. The summed E-state index contributed by atoms with van der Waals surface area (Å²) in [4.78, 5) is 30.1. The van der Waals surface area contributed by atoms with Crippen molar-refractivity contribution in [1.82, 2.24) is 9.38 Å². The molecule has 0 fully saturated rings. The van der Waals surface area contributed by atoms with Gasteiger partial charge in [-0.2, -0.15) is 0 Å². The quantitative estimate of drug-likeness (QED) is 0.712. The Labute approximate surface area is 147 Å². The zero-order chi connectivity index (χ0) is 17.1. The Morgan fingerprint density at radius 3 is 2.88 bits per heavy atom. The highest BCUT2D eigenvalue weighted by molar-refractivity contribution is 7.15. The van der Waals surface area contributed by atoms with Gasteiger partial charge in [0.1, 0.15) is 12.2 Å². The summed E-state index contributed by atoms with van der Waals surface area (Å²) >= 11 is 7.23. The van der Waals surface area contributed by atoms with Gasteiger partial charge in [-0.25, -0.2) is 4.98 Å². The Morgan fingerprint density at radius 2 is 2.12 bits per heavy atom. The lowest BCUT2D eigenvalue weighted by molar-refractivity contribution is -0.885. The Morgan fingerprint density at radius 1 is 1.38 bits per heavy atom. The fourth-order valence-corrected chi connectivity index (χ4v) is 3.23. The van der Waals surface area contributed by atoms with E-state index in [1.54, 1.807) is 30.5 Å². The summed E-state index contributed by atoms with van der Waals surface area (Å²) < 4.78 is 1.51. The van der Waals surface area contributed by atoms with Crippen LogP contribution in [0.25, 0.3) is 4.96 Å². The van der Waals surface area contributed by atoms with Crippen LogP contribution in [0.1, 0.15) is 5.69 Å². The molecule has 1 amide bonds. The molecule has 1 unspecified atom stereocenters. The van der Waals surface area contributed by atoms with Gasteiger partial charge >= 0.3 is 0 Å². The normalized spacial score (nSPS) is 12.2. The van der Waals surface area contributed by atoms with Gasteiger partial charge in [-0.15, -0.1) is 11.3 Å². The summed E-state index contributed by atoms with van der Waals surface area (Å²) in [6.07, 6.45) is 1.70. The standard InChI is InChI=1S/C16H15ClN4O2S/c1-20(10-14(22)18-12-4-2-11(17)3-5-12)9-13-8-15(23)21-6-7-24-16(21)19-13/h2-8H,9-10H2,1H3,(H,18,22)/p+1. The number of nitrogens with one attached hydrogen (secondary N) is 2. The zero-order valence-electron chi connectivity index (χ0n) is 13.0. The topological polar surface area (TPSA) is 67.9 Å². The molecule has 2 heterocycles. The molecule has 1 atom stereocenters. The first-order valence-electron chi connectivity index (χ1n) is 7.34. The third kappa shape index (κ3) is 4.00. The number of rotatable bonds is 5. The molecule has 2 aromatic heterocycles. The highest BCUT2D eigenvalue weighted by Crippen LogP contribution is 2.12. The van der Waals surface area contributed by atoms with E-state index in [9.17, 15) is 9.59 Å². The third-order valence-electron chi connectivity index (χ3n) is 3.43. The summed E-state index contributed by atoms with van der Waals surface area (Å²) in [5.41, 5.74) is 1.28. The van der Waals surface area contributed by atoms with Crippen molar-refractivity contribution in [2.45, 2.75) is 6.54 Å². The predicted molar refractivity (Wildman–Crippen MR) is 94.9 cm³/mol. The van der Waals surface area contributed by atoms with E-state index < -0.39 is 0 Å². The van der Waals surface area contributed by atoms with Gasteiger partial charge in [-0.3, -0.25) is 14.0 Å². The highest BCUT2D eigenvalue weighted by atomic mass is 35.5. The Kier molecular flexibility index (Phi) is 4.94. The predicted octanol–water partition coefficient (Wildman–Crippen LogP) is 1.06. The maximum atomic E-state index is 12.1. The van der Waals surface area contributed by atoms with E-state index in [-0.39, 0.29) is 18.0 Å².